The Morgan fingerprint density at radius 1 is 1.18 bits per heavy atom. The summed E-state index contributed by atoms with van der Waals surface area (Å²) in [6.07, 6.45) is 7.66. The predicted molar refractivity (Wildman–Crippen MR) is 92.5 cm³/mol. The Hall–Kier alpha value is -1.55. The molecule has 0 radical (unpaired) electrons. The van der Waals surface area contributed by atoms with E-state index in [1.807, 2.05) is 30.3 Å². The second-order valence-corrected chi connectivity index (χ2v) is 10.9. The lowest BCUT2D eigenvalue weighted by Crippen LogP contribution is -2.49. The van der Waals surface area contributed by atoms with Crippen LogP contribution >= 0.6 is 0 Å². The van der Waals surface area contributed by atoms with Crippen molar-refractivity contribution in [1.29, 1.82) is 5.26 Å². The van der Waals surface area contributed by atoms with Crippen LogP contribution in [-0.2, 0) is 10.0 Å². The molecule has 1 aromatic carbocycles. The number of nitriles is 1. The van der Waals surface area contributed by atoms with Gasteiger partial charge in [-0.3, -0.25) is 0 Å². The molecule has 2 rings (SSSR count). The number of hydrogen-bond acceptors (Lipinski definition) is 2. The molecule has 3 heteroatoms. The standard InChI is InChI=1S/C19H25NOSi/c1-5-19(18(16-20)14-15-18,17-12-10-9-11-13-17)21-22(6-2,7-3)8-4/h1,9-13H,6-8,14-15H2,2-4H3/t19-/m1/s1. The van der Waals surface area contributed by atoms with Gasteiger partial charge in [0.15, 0.2) is 13.9 Å². The van der Waals surface area contributed by atoms with Gasteiger partial charge in [-0.2, -0.15) is 5.26 Å². The van der Waals surface area contributed by atoms with Gasteiger partial charge in [0.1, 0.15) is 5.41 Å². The lowest BCUT2D eigenvalue weighted by Gasteiger charge is -2.42. The van der Waals surface area contributed by atoms with Crippen LogP contribution in [0.25, 0.3) is 0 Å². The second-order valence-electron chi connectivity index (χ2n) is 6.23. The number of rotatable bonds is 7. The van der Waals surface area contributed by atoms with E-state index in [1.54, 1.807) is 0 Å². The van der Waals surface area contributed by atoms with E-state index in [4.69, 9.17) is 10.8 Å². The van der Waals surface area contributed by atoms with Gasteiger partial charge in [0.25, 0.3) is 0 Å². The summed E-state index contributed by atoms with van der Waals surface area (Å²) < 4.78 is 6.81. The zero-order valence-corrected chi connectivity index (χ0v) is 14.9. The average Bonchev–Trinajstić information content (AvgIpc) is 3.39. The quantitative estimate of drug-likeness (QED) is 0.533. The first kappa shape index (κ1) is 16.8. The van der Waals surface area contributed by atoms with Crippen LogP contribution in [0.2, 0.25) is 18.1 Å². The minimum absolute atomic E-state index is 0.555. The molecule has 0 unspecified atom stereocenters. The molecule has 1 aromatic rings. The summed E-state index contributed by atoms with van der Waals surface area (Å²) in [5.41, 5.74) is -0.484. The first-order chi connectivity index (χ1) is 10.6. The lowest BCUT2D eigenvalue weighted by atomic mass is 9.80. The first-order valence-electron chi connectivity index (χ1n) is 8.22. The summed E-state index contributed by atoms with van der Waals surface area (Å²) >= 11 is 0. The van der Waals surface area contributed by atoms with Crippen LogP contribution in [0.3, 0.4) is 0 Å². The maximum absolute atomic E-state index is 9.79. The average molecular weight is 312 g/mol. The normalized spacial score (nSPS) is 18.8. The SMILES string of the molecule is C#C[C@@](O[Si](CC)(CC)CC)(c1ccccc1)C1(C#N)CC1. The van der Waals surface area contributed by atoms with Crippen molar-refractivity contribution >= 4 is 8.32 Å². The van der Waals surface area contributed by atoms with Gasteiger partial charge < -0.3 is 4.43 Å². The largest absolute Gasteiger partial charge is 0.396 e. The van der Waals surface area contributed by atoms with Crippen molar-refractivity contribution in [3.05, 3.63) is 35.9 Å². The number of benzene rings is 1. The van der Waals surface area contributed by atoms with Gasteiger partial charge in [0.05, 0.1) is 6.07 Å². The van der Waals surface area contributed by atoms with Crippen molar-refractivity contribution in [3.8, 4) is 18.4 Å². The highest BCUT2D eigenvalue weighted by Gasteiger charge is 2.63. The molecule has 0 spiro atoms. The molecule has 1 atom stereocenters. The minimum atomic E-state index is -1.94. The molecular formula is C19H25NOSi. The fourth-order valence-electron chi connectivity index (χ4n) is 3.32. The zero-order valence-electron chi connectivity index (χ0n) is 13.9. The van der Waals surface area contributed by atoms with Crippen LogP contribution in [-0.4, -0.2) is 8.32 Å². The highest BCUT2D eigenvalue weighted by Crippen LogP contribution is 2.60. The van der Waals surface area contributed by atoms with Gasteiger partial charge in [-0.25, -0.2) is 0 Å². The van der Waals surface area contributed by atoms with E-state index in [0.29, 0.717) is 0 Å². The van der Waals surface area contributed by atoms with Gasteiger partial charge in [0, 0.05) is 0 Å². The Bertz CT molecular complexity index is 582. The summed E-state index contributed by atoms with van der Waals surface area (Å²) in [5.74, 6) is 2.93. The smallest absolute Gasteiger partial charge is 0.194 e. The molecule has 1 fully saturated rings. The topological polar surface area (TPSA) is 33.0 Å². The van der Waals surface area contributed by atoms with Crippen molar-refractivity contribution in [2.45, 2.75) is 57.3 Å². The van der Waals surface area contributed by atoms with Crippen LogP contribution in [0.1, 0.15) is 39.2 Å². The molecule has 1 aliphatic carbocycles. The van der Waals surface area contributed by atoms with Gasteiger partial charge in [-0.05, 0) is 36.5 Å². The van der Waals surface area contributed by atoms with E-state index >= 15 is 0 Å². The summed E-state index contributed by atoms with van der Waals surface area (Å²) in [7, 11) is -1.94. The maximum atomic E-state index is 9.79. The Labute approximate surface area is 135 Å². The van der Waals surface area contributed by atoms with Gasteiger partial charge in [-0.1, -0.05) is 57.0 Å². The molecule has 0 saturated heterocycles. The van der Waals surface area contributed by atoms with Gasteiger partial charge >= 0.3 is 0 Å². The van der Waals surface area contributed by atoms with E-state index in [2.05, 4.69) is 32.8 Å². The van der Waals surface area contributed by atoms with Crippen LogP contribution in [0, 0.1) is 29.1 Å². The van der Waals surface area contributed by atoms with Gasteiger partial charge in [-0.15, -0.1) is 6.42 Å². The Morgan fingerprint density at radius 2 is 1.73 bits per heavy atom. The molecule has 0 amide bonds. The van der Waals surface area contributed by atoms with Crippen LogP contribution < -0.4 is 0 Å². The van der Waals surface area contributed by atoms with E-state index < -0.39 is 19.3 Å². The fourth-order valence-corrected chi connectivity index (χ4v) is 6.27. The highest BCUT2D eigenvalue weighted by atomic mass is 28.4. The highest BCUT2D eigenvalue weighted by molar-refractivity contribution is 6.73. The van der Waals surface area contributed by atoms with E-state index in [1.165, 1.54) is 0 Å². The third-order valence-corrected chi connectivity index (χ3v) is 9.93. The molecule has 1 aliphatic rings. The van der Waals surface area contributed by atoms with E-state index in [9.17, 15) is 5.26 Å². The molecule has 1 saturated carbocycles. The summed E-state index contributed by atoms with van der Waals surface area (Å²) in [5, 5.41) is 9.79. The molecule has 0 heterocycles. The molecule has 22 heavy (non-hydrogen) atoms. The molecule has 2 nitrogen and oxygen atoms in total. The van der Waals surface area contributed by atoms with Crippen LogP contribution in [0.15, 0.2) is 30.3 Å². The molecule has 116 valence electrons. The van der Waals surface area contributed by atoms with Crippen molar-refractivity contribution in [2.24, 2.45) is 5.41 Å². The van der Waals surface area contributed by atoms with Crippen molar-refractivity contribution in [2.75, 3.05) is 0 Å². The van der Waals surface area contributed by atoms with E-state index in [-0.39, 0.29) is 0 Å². The Morgan fingerprint density at radius 3 is 2.09 bits per heavy atom. The molecule has 0 aliphatic heterocycles. The van der Waals surface area contributed by atoms with Crippen molar-refractivity contribution < 1.29 is 4.43 Å². The Kier molecular flexibility index (Phi) is 4.80. The van der Waals surface area contributed by atoms with Crippen molar-refractivity contribution in [3.63, 3.8) is 0 Å². The third kappa shape index (κ3) is 2.49. The fraction of sp³-hybridized carbons (Fsp3) is 0.526. The van der Waals surface area contributed by atoms with Crippen molar-refractivity contribution in [1.82, 2.24) is 0 Å². The second kappa shape index (κ2) is 6.29. The number of terminal acetylenes is 1. The minimum Gasteiger partial charge on any atom is -0.396 e. The Balaban J connectivity index is 2.57. The lowest BCUT2D eigenvalue weighted by molar-refractivity contribution is 0.0609. The van der Waals surface area contributed by atoms with Crippen LogP contribution in [0.5, 0.6) is 0 Å². The molecular weight excluding hydrogens is 286 g/mol. The molecule has 0 N–H and O–H groups in total. The third-order valence-electron chi connectivity index (χ3n) is 5.32. The van der Waals surface area contributed by atoms with E-state index in [0.717, 1.165) is 36.5 Å². The van der Waals surface area contributed by atoms with Crippen LogP contribution in [0.4, 0.5) is 0 Å². The summed E-state index contributed by atoms with van der Waals surface area (Å²) in [6.45, 7) is 6.58. The first-order valence-corrected chi connectivity index (χ1v) is 10.7. The maximum Gasteiger partial charge on any atom is 0.194 e. The summed E-state index contributed by atoms with van der Waals surface area (Å²) in [6, 6.07) is 15.5. The zero-order chi connectivity index (χ0) is 16.3. The predicted octanol–water partition coefficient (Wildman–Crippen LogP) is 4.84. The number of nitrogens with zero attached hydrogens (tertiary/aromatic N) is 1. The van der Waals surface area contributed by atoms with Gasteiger partial charge in [0.2, 0.25) is 0 Å². The monoisotopic (exact) mass is 311 g/mol. The number of hydrogen-bond donors (Lipinski definition) is 0. The summed E-state index contributed by atoms with van der Waals surface area (Å²) in [4.78, 5) is 0. The molecule has 0 aromatic heterocycles. The molecule has 0 bridgehead atoms.